The monoisotopic (exact) mass is 472 g/mol. The molecule has 1 amide bonds. The third-order valence-electron chi connectivity index (χ3n) is 4.39. The molecule has 0 spiro atoms. The quantitative estimate of drug-likeness (QED) is 0.514. The van der Waals surface area contributed by atoms with Crippen molar-refractivity contribution in [1.82, 2.24) is 4.90 Å². The lowest BCUT2D eigenvalue weighted by Crippen LogP contribution is -2.41. The number of anilines is 1. The maximum Gasteiger partial charge on any atom is 0.264 e. The lowest BCUT2D eigenvalue weighted by molar-refractivity contribution is -0.128. The molecule has 5 nitrogen and oxygen atoms in total. The van der Waals surface area contributed by atoms with Gasteiger partial charge in [0.15, 0.2) is 0 Å². The maximum absolute atomic E-state index is 13.3. The predicted octanol–water partition coefficient (Wildman–Crippen LogP) is 4.30. The molecule has 29 heavy (non-hydrogen) atoms. The first-order valence-electron chi connectivity index (χ1n) is 8.99. The molecule has 0 fully saturated rings. The molecule has 0 N–H and O–H groups in total. The fourth-order valence-corrected chi connectivity index (χ4v) is 4.67. The van der Waals surface area contributed by atoms with Crippen molar-refractivity contribution in [2.24, 2.45) is 0 Å². The van der Waals surface area contributed by atoms with Gasteiger partial charge in [-0.2, -0.15) is 0 Å². The van der Waals surface area contributed by atoms with Gasteiger partial charge in [0.1, 0.15) is 6.54 Å². The fourth-order valence-electron chi connectivity index (χ4n) is 2.86. The summed E-state index contributed by atoms with van der Waals surface area (Å²) in [5.41, 5.74) is 1.40. The summed E-state index contributed by atoms with van der Waals surface area (Å²) in [5.74, 6) is -0.298. The van der Waals surface area contributed by atoms with Gasteiger partial charge < -0.3 is 4.90 Å². The van der Waals surface area contributed by atoms with E-state index >= 15 is 0 Å². The SMILES string of the molecule is CN(Cc1ccccc1)C(=O)CN(c1cccc(Br)c1)S(=O)(=O)c1ccccc1. The van der Waals surface area contributed by atoms with Gasteiger partial charge in [-0.3, -0.25) is 9.10 Å². The van der Waals surface area contributed by atoms with Gasteiger partial charge in [0.2, 0.25) is 5.91 Å². The van der Waals surface area contributed by atoms with Crippen LogP contribution in [0.4, 0.5) is 5.69 Å². The Labute approximate surface area is 179 Å². The fraction of sp³-hybridized carbons (Fsp3) is 0.136. The van der Waals surface area contributed by atoms with Crippen LogP contribution in [-0.4, -0.2) is 32.8 Å². The van der Waals surface area contributed by atoms with Crippen molar-refractivity contribution in [3.05, 3.63) is 95.0 Å². The maximum atomic E-state index is 13.3. The Balaban J connectivity index is 1.90. The van der Waals surface area contributed by atoms with E-state index in [1.54, 1.807) is 49.5 Å². The molecule has 0 atom stereocenters. The molecule has 0 saturated carbocycles. The first kappa shape index (κ1) is 21.1. The Morgan fingerprint density at radius 2 is 1.52 bits per heavy atom. The normalized spacial score (nSPS) is 11.1. The third kappa shape index (κ3) is 5.25. The van der Waals surface area contributed by atoms with Crippen LogP contribution in [0.3, 0.4) is 0 Å². The number of carbonyl (C=O) groups is 1. The molecular formula is C22H21BrN2O3S. The zero-order chi connectivity index (χ0) is 20.9. The third-order valence-corrected chi connectivity index (χ3v) is 6.68. The number of sulfonamides is 1. The van der Waals surface area contributed by atoms with Crippen LogP contribution in [0.1, 0.15) is 5.56 Å². The van der Waals surface area contributed by atoms with Crippen molar-refractivity contribution in [3.63, 3.8) is 0 Å². The molecule has 0 heterocycles. The van der Waals surface area contributed by atoms with Crippen molar-refractivity contribution < 1.29 is 13.2 Å². The van der Waals surface area contributed by atoms with Crippen LogP contribution in [0.2, 0.25) is 0 Å². The Kier molecular flexibility index (Phi) is 6.71. The summed E-state index contributed by atoms with van der Waals surface area (Å²) in [6, 6.07) is 24.6. The smallest absolute Gasteiger partial charge is 0.264 e. The van der Waals surface area contributed by atoms with Gasteiger partial charge in [0, 0.05) is 18.1 Å². The summed E-state index contributed by atoms with van der Waals surface area (Å²) in [5, 5.41) is 0. The highest BCUT2D eigenvalue weighted by Crippen LogP contribution is 2.26. The molecule has 0 radical (unpaired) electrons. The van der Waals surface area contributed by atoms with Crippen LogP contribution in [-0.2, 0) is 21.4 Å². The standard InChI is InChI=1S/C22H21BrN2O3S/c1-24(16-18-9-4-2-5-10-18)22(26)17-25(20-12-8-11-19(23)15-20)29(27,28)21-13-6-3-7-14-21/h2-15H,16-17H2,1H3. The van der Waals surface area contributed by atoms with Crippen molar-refractivity contribution >= 4 is 37.5 Å². The Morgan fingerprint density at radius 1 is 0.897 bits per heavy atom. The number of carbonyl (C=O) groups excluding carboxylic acids is 1. The van der Waals surface area contributed by atoms with E-state index in [-0.39, 0.29) is 17.3 Å². The summed E-state index contributed by atoms with van der Waals surface area (Å²) in [6.45, 7) is 0.106. The van der Waals surface area contributed by atoms with E-state index in [9.17, 15) is 13.2 Å². The minimum absolute atomic E-state index is 0.137. The zero-order valence-electron chi connectivity index (χ0n) is 15.9. The van der Waals surface area contributed by atoms with Gasteiger partial charge in [0.05, 0.1) is 10.6 Å². The molecule has 0 aliphatic carbocycles. The van der Waals surface area contributed by atoms with Gasteiger partial charge in [-0.05, 0) is 35.9 Å². The number of amides is 1. The number of hydrogen-bond donors (Lipinski definition) is 0. The number of likely N-dealkylation sites (N-methyl/N-ethyl adjacent to an activating group) is 1. The van der Waals surface area contributed by atoms with Gasteiger partial charge >= 0.3 is 0 Å². The van der Waals surface area contributed by atoms with E-state index in [0.29, 0.717) is 12.2 Å². The number of benzene rings is 3. The highest BCUT2D eigenvalue weighted by molar-refractivity contribution is 9.10. The average Bonchev–Trinajstić information content (AvgIpc) is 2.73. The summed E-state index contributed by atoms with van der Waals surface area (Å²) in [4.78, 5) is 14.6. The largest absolute Gasteiger partial charge is 0.340 e. The molecule has 0 aliphatic heterocycles. The van der Waals surface area contributed by atoms with E-state index < -0.39 is 10.0 Å². The minimum Gasteiger partial charge on any atom is -0.340 e. The van der Waals surface area contributed by atoms with Gasteiger partial charge in [-0.25, -0.2) is 8.42 Å². The Morgan fingerprint density at radius 3 is 2.14 bits per heavy atom. The van der Waals surface area contributed by atoms with Gasteiger partial charge in [0.25, 0.3) is 10.0 Å². The lowest BCUT2D eigenvalue weighted by Gasteiger charge is -2.27. The summed E-state index contributed by atoms with van der Waals surface area (Å²) in [6.07, 6.45) is 0. The molecule has 150 valence electrons. The van der Waals surface area contributed by atoms with Crippen LogP contribution in [0.25, 0.3) is 0 Å². The second kappa shape index (κ2) is 9.24. The molecule has 0 aliphatic rings. The molecular weight excluding hydrogens is 452 g/mol. The predicted molar refractivity (Wildman–Crippen MR) is 118 cm³/mol. The first-order chi connectivity index (χ1) is 13.9. The van der Waals surface area contributed by atoms with Crippen LogP contribution < -0.4 is 4.31 Å². The van der Waals surface area contributed by atoms with Crippen LogP contribution in [0.5, 0.6) is 0 Å². The Hall–Kier alpha value is -2.64. The van der Waals surface area contributed by atoms with Crippen molar-refractivity contribution in [2.45, 2.75) is 11.4 Å². The van der Waals surface area contributed by atoms with Crippen molar-refractivity contribution in [2.75, 3.05) is 17.9 Å². The lowest BCUT2D eigenvalue weighted by atomic mass is 10.2. The summed E-state index contributed by atoms with van der Waals surface area (Å²) < 4.78 is 28.5. The van der Waals surface area contributed by atoms with E-state index in [4.69, 9.17) is 0 Å². The second-order valence-electron chi connectivity index (χ2n) is 6.54. The van der Waals surface area contributed by atoms with E-state index in [2.05, 4.69) is 15.9 Å². The summed E-state index contributed by atoms with van der Waals surface area (Å²) >= 11 is 3.38. The molecule has 7 heteroatoms. The number of nitrogens with zero attached hydrogens (tertiary/aromatic N) is 2. The topological polar surface area (TPSA) is 57.7 Å². The number of hydrogen-bond acceptors (Lipinski definition) is 3. The highest BCUT2D eigenvalue weighted by Gasteiger charge is 2.28. The second-order valence-corrected chi connectivity index (χ2v) is 9.32. The molecule has 0 saturated heterocycles. The van der Waals surface area contributed by atoms with Crippen molar-refractivity contribution in [1.29, 1.82) is 0 Å². The van der Waals surface area contributed by atoms with E-state index in [0.717, 1.165) is 14.3 Å². The van der Waals surface area contributed by atoms with Crippen LogP contribution >= 0.6 is 15.9 Å². The highest BCUT2D eigenvalue weighted by atomic mass is 79.9. The molecule has 3 aromatic rings. The molecule has 0 bridgehead atoms. The van der Waals surface area contributed by atoms with Crippen molar-refractivity contribution in [3.8, 4) is 0 Å². The Bertz CT molecular complexity index is 1070. The first-order valence-corrected chi connectivity index (χ1v) is 11.2. The molecule has 0 aromatic heterocycles. The summed E-state index contributed by atoms with van der Waals surface area (Å²) in [7, 11) is -2.24. The molecule has 0 unspecified atom stereocenters. The average molecular weight is 473 g/mol. The zero-order valence-corrected chi connectivity index (χ0v) is 18.3. The molecule has 3 rings (SSSR count). The number of halogens is 1. The number of rotatable bonds is 7. The minimum atomic E-state index is -3.91. The van der Waals surface area contributed by atoms with Crippen LogP contribution in [0.15, 0.2) is 94.3 Å². The van der Waals surface area contributed by atoms with Gasteiger partial charge in [-0.1, -0.05) is 70.5 Å². The van der Waals surface area contributed by atoms with E-state index in [1.807, 2.05) is 30.3 Å². The molecule has 3 aromatic carbocycles. The van der Waals surface area contributed by atoms with Crippen LogP contribution in [0, 0.1) is 0 Å². The van der Waals surface area contributed by atoms with E-state index in [1.165, 1.54) is 17.0 Å². The van der Waals surface area contributed by atoms with Gasteiger partial charge in [-0.15, -0.1) is 0 Å².